The minimum Gasteiger partial charge on any atom is -0.490 e. The van der Waals surface area contributed by atoms with Crippen LogP contribution >= 0.6 is 24.0 Å². The summed E-state index contributed by atoms with van der Waals surface area (Å²) in [5.41, 5.74) is 0. The summed E-state index contributed by atoms with van der Waals surface area (Å²) in [6, 6.07) is 4.18. The van der Waals surface area contributed by atoms with Gasteiger partial charge in [0.1, 0.15) is 17.5 Å². The van der Waals surface area contributed by atoms with E-state index in [1.165, 1.54) is 6.42 Å². The molecule has 0 aromatic carbocycles. The first kappa shape index (κ1) is 14.4. The molecule has 3 atom stereocenters. The molecule has 0 bridgehead atoms. The predicted octanol–water partition coefficient (Wildman–Crippen LogP) is 2.54. The molecular formula is C13H16Cl2N2O2. The molecule has 104 valence electrons. The Balaban J connectivity index is 0.00000133. The van der Waals surface area contributed by atoms with E-state index in [-0.39, 0.29) is 24.4 Å². The number of fused-ring (bicyclic) bond motifs is 1. The molecule has 4 nitrogen and oxygen atoms in total. The number of nitrogens with zero attached hydrogens (tertiary/aromatic N) is 2. The number of piperidine rings is 1. The number of ether oxygens (including phenoxy) is 1. The molecule has 1 saturated heterocycles. The van der Waals surface area contributed by atoms with Crippen molar-refractivity contribution in [2.75, 3.05) is 6.61 Å². The fourth-order valence-electron chi connectivity index (χ4n) is 2.84. The maximum Gasteiger partial charge on any atom is 0.220 e. The molecule has 0 unspecified atom stereocenters. The van der Waals surface area contributed by atoms with Gasteiger partial charge in [0.25, 0.3) is 0 Å². The molecule has 0 radical (unpaired) electrons. The monoisotopic (exact) mass is 302 g/mol. The van der Waals surface area contributed by atoms with Crippen LogP contribution in [0.15, 0.2) is 18.3 Å². The molecule has 1 aromatic heterocycles. The van der Waals surface area contributed by atoms with E-state index in [9.17, 15) is 4.79 Å². The number of carbonyl (C=O) groups excluding carboxylic acids is 1. The first-order valence-electron chi connectivity index (χ1n) is 6.18. The zero-order valence-electron chi connectivity index (χ0n) is 10.6. The summed E-state index contributed by atoms with van der Waals surface area (Å²) >= 11 is 5.71. The molecule has 1 aromatic rings. The highest BCUT2D eigenvalue weighted by atomic mass is 35.5. The highest BCUT2D eigenvalue weighted by Crippen LogP contribution is 2.47. The number of carbonyl (C=O) groups is 1. The maximum atomic E-state index is 11.6. The highest BCUT2D eigenvalue weighted by molar-refractivity contribution is 6.29. The van der Waals surface area contributed by atoms with Gasteiger partial charge in [0.05, 0.1) is 12.2 Å². The molecule has 2 aliphatic rings. The number of amides is 1. The number of hydrogen-bond acceptors (Lipinski definition) is 3. The summed E-state index contributed by atoms with van der Waals surface area (Å²) < 4.78 is 5.68. The Kier molecular flexibility index (Phi) is 4.21. The van der Waals surface area contributed by atoms with Gasteiger partial charge in [0.15, 0.2) is 0 Å². The topological polar surface area (TPSA) is 42.4 Å². The van der Waals surface area contributed by atoms with Crippen molar-refractivity contribution in [3.05, 3.63) is 23.5 Å². The zero-order valence-corrected chi connectivity index (χ0v) is 12.2. The van der Waals surface area contributed by atoms with Gasteiger partial charge in [-0.05, 0) is 30.9 Å². The van der Waals surface area contributed by atoms with Gasteiger partial charge < -0.3 is 9.64 Å². The van der Waals surface area contributed by atoms with E-state index >= 15 is 0 Å². The second-order valence-electron chi connectivity index (χ2n) is 5.01. The second-order valence-corrected chi connectivity index (χ2v) is 5.39. The van der Waals surface area contributed by atoms with Crippen LogP contribution in [0.4, 0.5) is 0 Å². The Morgan fingerprint density at radius 3 is 2.95 bits per heavy atom. The minimum atomic E-state index is 0. The molecule has 1 aliphatic heterocycles. The molecule has 3 rings (SSSR count). The van der Waals surface area contributed by atoms with Gasteiger partial charge in [0, 0.05) is 13.0 Å². The van der Waals surface area contributed by atoms with E-state index in [0.717, 1.165) is 6.42 Å². The van der Waals surface area contributed by atoms with Crippen LogP contribution in [0.5, 0.6) is 5.75 Å². The highest BCUT2D eigenvalue weighted by Gasteiger charge is 2.53. The smallest absolute Gasteiger partial charge is 0.220 e. The van der Waals surface area contributed by atoms with Crippen LogP contribution in [0, 0.1) is 5.92 Å². The third-order valence-electron chi connectivity index (χ3n) is 3.72. The normalized spacial score (nSPS) is 27.5. The van der Waals surface area contributed by atoms with Crippen molar-refractivity contribution >= 4 is 29.9 Å². The lowest BCUT2D eigenvalue weighted by atomic mass is 10.2. The molecule has 1 saturated carbocycles. The average Bonchev–Trinajstić information content (AvgIpc) is 2.99. The SMILES string of the molecule is CC(=O)N1[C@H](COc2ccc(Cl)nc2)C[C@H]2C[C@H]21.Cl. The molecule has 1 amide bonds. The lowest BCUT2D eigenvalue weighted by Crippen LogP contribution is -2.40. The van der Waals surface area contributed by atoms with Crippen LogP contribution in [0.25, 0.3) is 0 Å². The lowest BCUT2D eigenvalue weighted by Gasteiger charge is -2.26. The molecule has 2 fully saturated rings. The van der Waals surface area contributed by atoms with Crippen LogP contribution in [-0.2, 0) is 4.79 Å². The summed E-state index contributed by atoms with van der Waals surface area (Å²) in [5.74, 6) is 1.55. The molecule has 0 N–H and O–H groups in total. The Morgan fingerprint density at radius 2 is 2.32 bits per heavy atom. The van der Waals surface area contributed by atoms with Gasteiger partial charge in [0.2, 0.25) is 5.91 Å². The standard InChI is InChI=1S/C13H15ClN2O2.ClH/c1-8(17)16-10(4-9-5-12(9)16)7-18-11-2-3-13(14)15-6-11;/h2-3,6,9-10,12H,4-5,7H2,1H3;1H/t9-,10-,12+;/m0./s1. The third-order valence-corrected chi connectivity index (χ3v) is 3.94. The van der Waals surface area contributed by atoms with Crippen molar-refractivity contribution in [2.45, 2.75) is 31.8 Å². The largest absolute Gasteiger partial charge is 0.490 e. The summed E-state index contributed by atoms with van der Waals surface area (Å²) in [4.78, 5) is 17.5. The third kappa shape index (κ3) is 2.95. The Bertz CT molecular complexity index is 466. The van der Waals surface area contributed by atoms with Crippen LogP contribution in [-0.4, -0.2) is 34.5 Å². The van der Waals surface area contributed by atoms with Gasteiger partial charge in [-0.1, -0.05) is 11.6 Å². The molecule has 2 heterocycles. The first-order chi connectivity index (χ1) is 8.65. The molecule has 1 aliphatic carbocycles. The minimum absolute atomic E-state index is 0. The maximum absolute atomic E-state index is 11.6. The summed E-state index contributed by atoms with van der Waals surface area (Å²) in [5, 5.41) is 0.454. The van der Waals surface area contributed by atoms with Crippen molar-refractivity contribution in [1.29, 1.82) is 0 Å². The van der Waals surface area contributed by atoms with Crippen LogP contribution in [0.1, 0.15) is 19.8 Å². The number of hydrogen-bond donors (Lipinski definition) is 0. The molecular weight excluding hydrogens is 287 g/mol. The van der Waals surface area contributed by atoms with Gasteiger partial charge in [-0.15, -0.1) is 12.4 Å². The summed E-state index contributed by atoms with van der Waals surface area (Å²) in [6.45, 7) is 2.17. The molecule has 6 heteroatoms. The lowest BCUT2D eigenvalue weighted by molar-refractivity contribution is -0.131. The van der Waals surface area contributed by atoms with Crippen LogP contribution in [0.2, 0.25) is 5.15 Å². The van der Waals surface area contributed by atoms with Crippen molar-refractivity contribution in [3.63, 3.8) is 0 Å². The first-order valence-corrected chi connectivity index (χ1v) is 6.56. The van der Waals surface area contributed by atoms with E-state index < -0.39 is 0 Å². The van der Waals surface area contributed by atoms with Gasteiger partial charge >= 0.3 is 0 Å². The van der Waals surface area contributed by atoms with Gasteiger partial charge in [-0.25, -0.2) is 4.98 Å². The van der Waals surface area contributed by atoms with E-state index in [4.69, 9.17) is 16.3 Å². The number of halogens is 2. The Labute approximate surface area is 123 Å². The van der Waals surface area contributed by atoms with E-state index in [1.807, 2.05) is 4.90 Å². The van der Waals surface area contributed by atoms with Crippen molar-refractivity contribution in [1.82, 2.24) is 9.88 Å². The summed E-state index contributed by atoms with van der Waals surface area (Å²) in [6.07, 6.45) is 3.83. The zero-order chi connectivity index (χ0) is 12.7. The van der Waals surface area contributed by atoms with E-state index in [2.05, 4.69) is 4.98 Å². The number of likely N-dealkylation sites (tertiary alicyclic amines) is 1. The fourth-order valence-corrected chi connectivity index (χ4v) is 2.95. The van der Waals surface area contributed by atoms with Crippen molar-refractivity contribution < 1.29 is 9.53 Å². The van der Waals surface area contributed by atoms with Gasteiger partial charge in [-0.3, -0.25) is 4.79 Å². The second kappa shape index (κ2) is 5.55. The Morgan fingerprint density at radius 1 is 1.53 bits per heavy atom. The van der Waals surface area contributed by atoms with Crippen molar-refractivity contribution in [2.24, 2.45) is 5.92 Å². The summed E-state index contributed by atoms with van der Waals surface area (Å²) in [7, 11) is 0. The number of pyridine rings is 1. The van der Waals surface area contributed by atoms with E-state index in [1.54, 1.807) is 25.3 Å². The van der Waals surface area contributed by atoms with E-state index in [0.29, 0.717) is 29.5 Å². The van der Waals surface area contributed by atoms with Crippen LogP contribution < -0.4 is 4.74 Å². The predicted molar refractivity (Wildman–Crippen MR) is 74.8 cm³/mol. The Hall–Kier alpha value is -1.00. The van der Waals surface area contributed by atoms with Gasteiger partial charge in [-0.2, -0.15) is 0 Å². The quantitative estimate of drug-likeness (QED) is 0.806. The number of rotatable bonds is 3. The average molecular weight is 303 g/mol. The molecule has 0 spiro atoms. The number of aromatic nitrogens is 1. The fraction of sp³-hybridized carbons (Fsp3) is 0.538. The van der Waals surface area contributed by atoms with Crippen molar-refractivity contribution in [3.8, 4) is 5.75 Å². The molecule has 19 heavy (non-hydrogen) atoms. The van der Waals surface area contributed by atoms with Crippen LogP contribution in [0.3, 0.4) is 0 Å².